The van der Waals surface area contributed by atoms with E-state index in [9.17, 15) is 14.0 Å². The summed E-state index contributed by atoms with van der Waals surface area (Å²) in [5, 5.41) is 2.57. The zero-order valence-electron chi connectivity index (χ0n) is 14.8. The summed E-state index contributed by atoms with van der Waals surface area (Å²) in [5.41, 5.74) is 1.63. The molecule has 2 aromatic carbocycles. The molecule has 1 N–H and O–H groups in total. The number of nitrogens with one attached hydrogen (secondary N) is 1. The van der Waals surface area contributed by atoms with Crippen LogP contribution in [0.4, 0.5) is 10.1 Å². The topological polar surface area (TPSA) is 81.4 Å². The SMILES string of the molecule is CC(Sc1ncc(-c2ccc(F)cc2)o1)C(=O)c1ccc2c(c1)NC(=O)CO2. The predicted octanol–water partition coefficient (Wildman–Crippen LogP) is 4.18. The number of anilines is 1. The van der Waals surface area contributed by atoms with Gasteiger partial charge in [-0.1, -0.05) is 11.8 Å². The quantitative estimate of drug-likeness (QED) is 0.513. The van der Waals surface area contributed by atoms with Crippen molar-refractivity contribution in [3.8, 4) is 17.1 Å². The molecule has 1 amide bonds. The van der Waals surface area contributed by atoms with E-state index in [2.05, 4.69) is 10.3 Å². The molecule has 1 atom stereocenters. The van der Waals surface area contributed by atoms with Gasteiger partial charge >= 0.3 is 0 Å². The van der Waals surface area contributed by atoms with Gasteiger partial charge in [0.15, 0.2) is 18.2 Å². The molecule has 2 heterocycles. The molecule has 4 rings (SSSR count). The van der Waals surface area contributed by atoms with Gasteiger partial charge in [0.1, 0.15) is 11.6 Å². The van der Waals surface area contributed by atoms with Crippen LogP contribution in [-0.2, 0) is 4.79 Å². The molecule has 28 heavy (non-hydrogen) atoms. The fourth-order valence-corrected chi connectivity index (χ4v) is 3.53. The van der Waals surface area contributed by atoms with E-state index in [-0.39, 0.29) is 24.1 Å². The van der Waals surface area contributed by atoms with E-state index in [1.54, 1.807) is 43.5 Å². The summed E-state index contributed by atoms with van der Waals surface area (Å²) in [7, 11) is 0. The molecule has 6 nitrogen and oxygen atoms in total. The summed E-state index contributed by atoms with van der Waals surface area (Å²) in [4.78, 5) is 28.4. The van der Waals surface area contributed by atoms with Crippen LogP contribution in [0.25, 0.3) is 11.3 Å². The summed E-state index contributed by atoms with van der Waals surface area (Å²) >= 11 is 1.18. The van der Waals surface area contributed by atoms with Gasteiger partial charge in [-0.2, -0.15) is 0 Å². The standard InChI is InChI=1S/C20H15FN2O4S/c1-11(19(25)13-4-7-16-15(8-13)23-18(24)10-26-16)28-20-22-9-17(27-20)12-2-5-14(21)6-3-12/h2-9,11H,10H2,1H3,(H,23,24). The normalized spacial score (nSPS) is 14.0. The number of ketones is 1. The van der Waals surface area contributed by atoms with Crippen molar-refractivity contribution in [3.05, 3.63) is 60.0 Å². The Hall–Kier alpha value is -3.13. The zero-order chi connectivity index (χ0) is 19.7. The molecule has 0 saturated carbocycles. The molecular weight excluding hydrogens is 383 g/mol. The van der Waals surface area contributed by atoms with Crippen LogP contribution in [0.3, 0.4) is 0 Å². The molecule has 1 unspecified atom stereocenters. The van der Waals surface area contributed by atoms with Crippen LogP contribution in [0.1, 0.15) is 17.3 Å². The maximum absolute atomic E-state index is 13.0. The van der Waals surface area contributed by atoms with Crippen molar-refractivity contribution in [2.75, 3.05) is 11.9 Å². The average molecular weight is 398 g/mol. The number of amides is 1. The Balaban J connectivity index is 1.47. The number of carbonyl (C=O) groups excluding carboxylic acids is 2. The Kier molecular flexibility index (Phi) is 4.87. The highest BCUT2D eigenvalue weighted by atomic mass is 32.2. The summed E-state index contributed by atoms with van der Waals surface area (Å²) in [6, 6.07) is 10.8. The first kappa shape index (κ1) is 18.2. The third-order valence-electron chi connectivity index (χ3n) is 4.16. The Bertz CT molecular complexity index is 1050. The fraction of sp³-hybridized carbons (Fsp3) is 0.150. The van der Waals surface area contributed by atoms with Crippen LogP contribution in [-0.4, -0.2) is 28.5 Å². The molecule has 1 aromatic heterocycles. The number of thioether (sulfide) groups is 1. The maximum Gasteiger partial charge on any atom is 0.262 e. The first-order chi connectivity index (χ1) is 13.5. The first-order valence-corrected chi connectivity index (χ1v) is 9.37. The molecule has 1 aliphatic rings. The lowest BCUT2D eigenvalue weighted by atomic mass is 10.1. The van der Waals surface area contributed by atoms with Crippen molar-refractivity contribution in [3.63, 3.8) is 0 Å². The van der Waals surface area contributed by atoms with E-state index in [1.165, 1.54) is 23.9 Å². The number of oxazole rings is 1. The molecule has 0 aliphatic carbocycles. The molecule has 0 radical (unpaired) electrons. The third-order valence-corrected chi connectivity index (χ3v) is 5.11. The Morgan fingerprint density at radius 2 is 2.04 bits per heavy atom. The minimum atomic E-state index is -0.460. The number of Topliss-reactive ketones (excluding diaryl/α,β-unsaturated/α-hetero) is 1. The first-order valence-electron chi connectivity index (χ1n) is 8.49. The Labute approximate surface area is 164 Å². The fourth-order valence-electron chi connectivity index (χ4n) is 2.74. The second kappa shape index (κ2) is 7.47. The number of nitrogens with zero attached hydrogens (tertiary/aromatic N) is 1. The van der Waals surface area contributed by atoms with Crippen molar-refractivity contribution < 1.29 is 23.1 Å². The van der Waals surface area contributed by atoms with Crippen molar-refractivity contribution in [2.45, 2.75) is 17.4 Å². The van der Waals surface area contributed by atoms with Crippen molar-refractivity contribution >= 4 is 29.1 Å². The minimum Gasteiger partial charge on any atom is -0.482 e. The number of halogens is 1. The average Bonchev–Trinajstić information content (AvgIpc) is 3.15. The van der Waals surface area contributed by atoms with Gasteiger partial charge in [-0.3, -0.25) is 9.59 Å². The minimum absolute atomic E-state index is 0.0346. The van der Waals surface area contributed by atoms with Gasteiger partial charge in [0.25, 0.3) is 11.1 Å². The van der Waals surface area contributed by atoms with E-state index in [0.717, 1.165) is 0 Å². The van der Waals surface area contributed by atoms with Crippen molar-refractivity contribution in [2.24, 2.45) is 0 Å². The molecule has 0 saturated heterocycles. The van der Waals surface area contributed by atoms with Crippen LogP contribution < -0.4 is 10.1 Å². The second-order valence-corrected chi connectivity index (χ2v) is 7.46. The summed E-state index contributed by atoms with van der Waals surface area (Å²) in [6.07, 6.45) is 1.54. The van der Waals surface area contributed by atoms with Crippen molar-refractivity contribution in [1.29, 1.82) is 0 Å². The monoisotopic (exact) mass is 398 g/mol. The van der Waals surface area contributed by atoms with Crippen LogP contribution >= 0.6 is 11.8 Å². The number of benzene rings is 2. The number of carbonyl (C=O) groups is 2. The summed E-state index contributed by atoms with van der Waals surface area (Å²) < 4.78 is 24.0. The lowest BCUT2D eigenvalue weighted by Gasteiger charge is -2.18. The highest BCUT2D eigenvalue weighted by Crippen LogP contribution is 2.32. The van der Waals surface area contributed by atoms with Crippen LogP contribution in [0.15, 0.2) is 58.3 Å². The van der Waals surface area contributed by atoms with Crippen LogP contribution in [0.2, 0.25) is 0 Å². The molecule has 0 spiro atoms. The van der Waals surface area contributed by atoms with Crippen molar-refractivity contribution in [1.82, 2.24) is 4.98 Å². The van der Waals surface area contributed by atoms with Gasteiger partial charge < -0.3 is 14.5 Å². The largest absolute Gasteiger partial charge is 0.482 e. The Morgan fingerprint density at radius 1 is 1.25 bits per heavy atom. The lowest BCUT2D eigenvalue weighted by Crippen LogP contribution is -2.25. The predicted molar refractivity (Wildman–Crippen MR) is 102 cm³/mol. The van der Waals surface area contributed by atoms with Crippen LogP contribution in [0.5, 0.6) is 5.75 Å². The van der Waals surface area contributed by atoms with E-state index in [1.807, 2.05) is 0 Å². The van der Waals surface area contributed by atoms with Gasteiger partial charge in [-0.05, 0) is 49.4 Å². The number of hydrogen-bond donors (Lipinski definition) is 1. The maximum atomic E-state index is 13.0. The summed E-state index contributed by atoms with van der Waals surface area (Å²) in [5.74, 6) is 0.314. The molecule has 1 aliphatic heterocycles. The van der Waals surface area contributed by atoms with E-state index in [0.29, 0.717) is 33.5 Å². The third kappa shape index (κ3) is 3.77. The van der Waals surface area contributed by atoms with Crippen LogP contribution in [0, 0.1) is 5.82 Å². The second-order valence-electron chi connectivity index (χ2n) is 6.17. The van der Waals surface area contributed by atoms with Gasteiger partial charge in [0.2, 0.25) is 0 Å². The van der Waals surface area contributed by atoms with Gasteiger partial charge in [0.05, 0.1) is 17.1 Å². The van der Waals surface area contributed by atoms with Gasteiger partial charge in [0, 0.05) is 11.1 Å². The highest BCUT2D eigenvalue weighted by Gasteiger charge is 2.22. The smallest absolute Gasteiger partial charge is 0.262 e. The number of fused-ring (bicyclic) bond motifs is 1. The highest BCUT2D eigenvalue weighted by molar-refractivity contribution is 8.00. The van der Waals surface area contributed by atoms with E-state index < -0.39 is 5.25 Å². The molecule has 8 heteroatoms. The number of ether oxygens (including phenoxy) is 1. The molecule has 0 bridgehead atoms. The Morgan fingerprint density at radius 3 is 2.82 bits per heavy atom. The van der Waals surface area contributed by atoms with Gasteiger partial charge in [-0.15, -0.1) is 0 Å². The summed E-state index contributed by atoms with van der Waals surface area (Å²) in [6.45, 7) is 1.72. The zero-order valence-corrected chi connectivity index (χ0v) is 15.6. The van der Waals surface area contributed by atoms with E-state index >= 15 is 0 Å². The van der Waals surface area contributed by atoms with Gasteiger partial charge in [-0.25, -0.2) is 9.37 Å². The lowest BCUT2D eigenvalue weighted by molar-refractivity contribution is -0.118. The number of aromatic nitrogens is 1. The molecule has 3 aromatic rings. The number of rotatable bonds is 5. The molecular formula is C20H15FN2O4S. The van der Waals surface area contributed by atoms with E-state index in [4.69, 9.17) is 9.15 Å². The number of hydrogen-bond acceptors (Lipinski definition) is 6. The molecule has 0 fully saturated rings. The molecule has 142 valence electrons.